The highest BCUT2D eigenvalue weighted by atomic mass is 16.1. The van der Waals surface area contributed by atoms with Crippen molar-refractivity contribution in [3.05, 3.63) is 18.2 Å². The van der Waals surface area contributed by atoms with E-state index >= 15 is 0 Å². The number of ketones is 1. The second-order valence-electron chi connectivity index (χ2n) is 4.31. The first-order chi connectivity index (χ1) is 7.31. The van der Waals surface area contributed by atoms with Crippen LogP contribution in [0.1, 0.15) is 49.6 Å². The number of imidazole rings is 1. The summed E-state index contributed by atoms with van der Waals surface area (Å²) in [4.78, 5) is 16.1. The summed E-state index contributed by atoms with van der Waals surface area (Å²) in [6.45, 7) is 2.86. The summed E-state index contributed by atoms with van der Waals surface area (Å²) in [6.07, 6.45) is 9.31. The van der Waals surface area contributed by atoms with Gasteiger partial charge in [-0.1, -0.05) is 25.7 Å². The Morgan fingerprint density at radius 2 is 2.27 bits per heavy atom. The van der Waals surface area contributed by atoms with Crippen LogP contribution in [0.15, 0.2) is 12.4 Å². The number of aryl methyl sites for hydroxylation is 1. The van der Waals surface area contributed by atoms with Gasteiger partial charge in [0.15, 0.2) is 11.6 Å². The molecule has 0 radical (unpaired) electrons. The third kappa shape index (κ3) is 2.28. The zero-order valence-electron chi connectivity index (χ0n) is 9.28. The van der Waals surface area contributed by atoms with E-state index in [4.69, 9.17) is 0 Å². The minimum atomic E-state index is 0.216. The molecule has 3 nitrogen and oxygen atoms in total. The highest BCUT2D eigenvalue weighted by molar-refractivity contribution is 5.92. The van der Waals surface area contributed by atoms with E-state index in [0.29, 0.717) is 18.2 Å². The fourth-order valence-corrected chi connectivity index (χ4v) is 2.38. The van der Waals surface area contributed by atoms with Gasteiger partial charge in [0.05, 0.1) is 0 Å². The largest absolute Gasteiger partial charge is 0.329 e. The normalized spacial score (nSPS) is 17.1. The molecule has 0 aliphatic heterocycles. The molecule has 3 heteroatoms. The van der Waals surface area contributed by atoms with E-state index in [0.717, 1.165) is 6.54 Å². The van der Waals surface area contributed by atoms with Gasteiger partial charge >= 0.3 is 0 Å². The van der Waals surface area contributed by atoms with Crippen LogP contribution in [0.25, 0.3) is 0 Å². The predicted octanol–water partition coefficient (Wildman–Crippen LogP) is 2.67. The Morgan fingerprint density at radius 3 is 2.93 bits per heavy atom. The van der Waals surface area contributed by atoms with Crippen molar-refractivity contribution >= 4 is 5.78 Å². The fraction of sp³-hybridized carbons (Fsp3) is 0.667. The summed E-state index contributed by atoms with van der Waals surface area (Å²) < 4.78 is 1.93. The summed E-state index contributed by atoms with van der Waals surface area (Å²) in [5.41, 5.74) is 0. The van der Waals surface area contributed by atoms with Gasteiger partial charge < -0.3 is 4.57 Å². The summed E-state index contributed by atoms with van der Waals surface area (Å²) in [6, 6.07) is 0. The quantitative estimate of drug-likeness (QED) is 0.710. The summed E-state index contributed by atoms with van der Waals surface area (Å²) >= 11 is 0. The minimum absolute atomic E-state index is 0.216. The molecule has 1 aliphatic carbocycles. The Bertz CT molecular complexity index is 337. The van der Waals surface area contributed by atoms with E-state index in [1.165, 1.54) is 25.7 Å². The summed E-state index contributed by atoms with van der Waals surface area (Å²) in [5, 5.41) is 0. The van der Waals surface area contributed by atoms with Crippen molar-refractivity contribution in [2.75, 3.05) is 0 Å². The smallest absolute Gasteiger partial charge is 0.198 e. The van der Waals surface area contributed by atoms with E-state index in [1.807, 2.05) is 17.7 Å². The van der Waals surface area contributed by atoms with Crippen molar-refractivity contribution < 1.29 is 4.79 Å². The van der Waals surface area contributed by atoms with Gasteiger partial charge in [-0.25, -0.2) is 4.98 Å². The Kier molecular flexibility index (Phi) is 3.19. The maximum absolute atomic E-state index is 12.0. The number of hydrogen-bond acceptors (Lipinski definition) is 2. The van der Waals surface area contributed by atoms with Crippen LogP contribution in [-0.4, -0.2) is 15.3 Å². The van der Waals surface area contributed by atoms with E-state index < -0.39 is 0 Å². The Hall–Kier alpha value is -1.12. The third-order valence-corrected chi connectivity index (χ3v) is 3.25. The van der Waals surface area contributed by atoms with Crippen LogP contribution in [0, 0.1) is 5.92 Å². The van der Waals surface area contributed by atoms with Gasteiger partial charge in [-0.3, -0.25) is 4.79 Å². The molecule has 1 aliphatic rings. The average molecular weight is 206 g/mol. The van der Waals surface area contributed by atoms with Crippen molar-refractivity contribution in [1.29, 1.82) is 0 Å². The number of rotatable bonds is 4. The fourth-order valence-electron chi connectivity index (χ4n) is 2.38. The van der Waals surface area contributed by atoms with E-state index in [2.05, 4.69) is 4.98 Å². The first kappa shape index (κ1) is 10.4. The van der Waals surface area contributed by atoms with E-state index in [1.54, 1.807) is 6.20 Å². The Morgan fingerprint density at radius 1 is 1.53 bits per heavy atom. The van der Waals surface area contributed by atoms with Gasteiger partial charge in [-0.05, 0) is 12.8 Å². The number of Topliss-reactive ketones (excluding diaryl/α,β-unsaturated/α-hetero) is 1. The monoisotopic (exact) mass is 206 g/mol. The van der Waals surface area contributed by atoms with Gasteiger partial charge in [0, 0.05) is 25.4 Å². The lowest BCUT2D eigenvalue weighted by Gasteiger charge is -2.08. The highest BCUT2D eigenvalue weighted by Crippen LogP contribution is 2.28. The van der Waals surface area contributed by atoms with Crippen LogP contribution in [0.5, 0.6) is 0 Å². The average Bonchev–Trinajstić information content (AvgIpc) is 2.86. The number of nitrogens with zero attached hydrogens (tertiary/aromatic N) is 2. The van der Waals surface area contributed by atoms with Crippen molar-refractivity contribution in [3.8, 4) is 0 Å². The topological polar surface area (TPSA) is 34.9 Å². The van der Waals surface area contributed by atoms with Crippen LogP contribution in [0.4, 0.5) is 0 Å². The van der Waals surface area contributed by atoms with Crippen molar-refractivity contribution in [1.82, 2.24) is 9.55 Å². The number of aromatic nitrogens is 2. The Labute approximate surface area is 90.5 Å². The zero-order valence-corrected chi connectivity index (χ0v) is 9.28. The van der Waals surface area contributed by atoms with Gasteiger partial charge in [0.25, 0.3) is 0 Å². The van der Waals surface area contributed by atoms with Gasteiger partial charge in [-0.15, -0.1) is 0 Å². The third-order valence-electron chi connectivity index (χ3n) is 3.25. The number of hydrogen-bond donors (Lipinski definition) is 0. The minimum Gasteiger partial charge on any atom is -0.329 e. The van der Waals surface area contributed by atoms with Crippen LogP contribution < -0.4 is 0 Å². The standard InChI is InChI=1S/C12H18N2O/c1-2-14-8-7-13-12(14)11(15)9-10-5-3-4-6-10/h7-8,10H,2-6,9H2,1H3. The SMILES string of the molecule is CCn1ccnc1C(=O)CC1CCCC1. The van der Waals surface area contributed by atoms with E-state index in [9.17, 15) is 4.79 Å². The maximum atomic E-state index is 12.0. The lowest BCUT2D eigenvalue weighted by atomic mass is 10.0. The molecule has 2 rings (SSSR count). The molecule has 1 aromatic heterocycles. The molecule has 0 spiro atoms. The van der Waals surface area contributed by atoms with Gasteiger partial charge in [-0.2, -0.15) is 0 Å². The molecule has 1 fully saturated rings. The lowest BCUT2D eigenvalue weighted by molar-refractivity contribution is 0.0948. The molecule has 0 saturated heterocycles. The molecule has 82 valence electrons. The summed E-state index contributed by atoms with van der Waals surface area (Å²) in [5.74, 6) is 1.47. The van der Waals surface area contributed by atoms with Crippen molar-refractivity contribution in [3.63, 3.8) is 0 Å². The van der Waals surface area contributed by atoms with Crippen molar-refractivity contribution in [2.24, 2.45) is 5.92 Å². The predicted molar refractivity (Wildman–Crippen MR) is 58.8 cm³/mol. The molecule has 1 heterocycles. The second-order valence-corrected chi connectivity index (χ2v) is 4.31. The molecule has 1 saturated carbocycles. The van der Waals surface area contributed by atoms with Crippen LogP contribution in [0.3, 0.4) is 0 Å². The molecule has 0 bridgehead atoms. The number of carbonyl (C=O) groups excluding carboxylic acids is 1. The molecule has 0 amide bonds. The maximum Gasteiger partial charge on any atom is 0.198 e. The molecular formula is C12H18N2O. The van der Waals surface area contributed by atoms with Gasteiger partial charge in [0.1, 0.15) is 0 Å². The van der Waals surface area contributed by atoms with Crippen LogP contribution in [0.2, 0.25) is 0 Å². The molecule has 0 aromatic carbocycles. The van der Waals surface area contributed by atoms with Gasteiger partial charge in [0.2, 0.25) is 0 Å². The van der Waals surface area contributed by atoms with Crippen LogP contribution >= 0.6 is 0 Å². The molecule has 15 heavy (non-hydrogen) atoms. The summed E-state index contributed by atoms with van der Waals surface area (Å²) in [7, 11) is 0. The molecule has 0 unspecified atom stereocenters. The highest BCUT2D eigenvalue weighted by Gasteiger charge is 2.21. The molecule has 0 atom stereocenters. The Balaban J connectivity index is 2.00. The van der Waals surface area contributed by atoms with Crippen LogP contribution in [-0.2, 0) is 6.54 Å². The van der Waals surface area contributed by atoms with Crippen molar-refractivity contribution in [2.45, 2.75) is 45.6 Å². The molecular weight excluding hydrogens is 188 g/mol. The first-order valence-corrected chi connectivity index (χ1v) is 5.85. The molecule has 1 aromatic rings. The molecule has 0 N–H and O–H groups in total. The van der Waals surface area contributed by atoms with E-state index in [-0.39, 0.29) is 5.78 Å². The second kappa shape index (κ2) is 4.60. The number of carbonyl (C=O) groups is 1. The zero-order chi connectivity index (χ0) is 10.7. The lowest BCUT2D eigenvalue weighted by Crippen LogP contribution is -2.12. The first-order valence-electron chi connectivity index (χ1n) is 5.85.